The fraction of sp³-hybridized carbons (Fsp3) is 0.500. The predicted molar refractivity (Wildman–Crippen MR) is 73.1 cm³/mol. The van der Waals surface area contributed by atoms with Crippen LogP contribution in [0.5, 0.6) is 0 Å². The van der Waals surface area contributed by atoms with E-state index in [1.807, 2.05) is 30.3 Å². The van der Waals surface area contributed by atoms with Crippen LogP contribution >= 0.6 is 0 Å². The SMILES string of the molecule is O=C(NCc1ccccc1)C1NNC2CCNCC21. The predicted octanol–water partition coefficient (Wildman–Crippen LogP) is -0.243. The number of carbonyl (C=O) groups is 1. The Balaban J connectivity index is 1.56. The van der Waals surface area contributed by atoms with E-state index in [9.17, 15) is 4.79 Å². The number of piperidine rings is 1. The van der Waals surface area contributed by atoms with E-state index in [0.717, 1.165) is 25.1 Å². The van der Waals surface area contributed by atoms with Crippen molar-refractivity contribution in [2.24, 2.45) is 5.92 Å². The lowest BCUT2D eigenvalue weighted by molar-refractivity contribution is -0.124. The van der Waals surface area contributed by atoms with Crippen LogP contribution in [0.4, 0.5) is 0 Å². The van der Waals surface area contributed by atoms with Crippen molar-refractivity contribution in [1.82, 2.24) is 21.5 Å². The minimum absolute atomic E-state index is 0.0764. The molecular weight excluding hydrogens is 240 g/mol. The smallest absolute Gasteiger partial charge is 0.239 e. The van der Waals surface area contributed by atoms with Gasteiger partial charge >= 0.3 is 0 Å². The number of hydrazine groups is 1. The number of nitrogens with one attached hydrogen (secondary N) is 4. The topological polar surface area (TPSA) is 65.2 Å². The first-order valence-electron chi connectivity index (χ1n) is 6.88. The van der Waals surface area contributed by atoms with E-state index in [1.54, 1.807) is 0 Å². The van der Waals surface area contributed by atoms with E-state index >= 15 is 0 Å². The highest BCUT2D eigenvalue weighted by atomic mass is 16.2. The molecule has 2 aliphatic heterocycles. The van der Waals surface area contributed by atoms with Crippen molar-refractivity contribution in [3.8, 4) is 0 Å². The van der Waals surface area contributed by atoms with Crippen molar-refractivity contribution in [2.45, 2.75) is 25.0 Å². The molecule has 2 aliphatic rings. The van der Waals surface area contributed by atoms with Gasteiger partial charge in [-0.3, -0.25) is 10.2 Å². The Morgan fingerprint density at radius 1 is 1.26 bits per heavy atom. The van der Waals surface area contributed by atoms with E-state index in [1.165, 1.54) is 0 Å². The molecule has 2 heterocycles. The lowest BCUT2D eigenvalue weighted by Crippen LogP contribution is -2.49. The molecule has 1 aromatic carbocycles. The molecule has 0 spiro atoms. The first kappa shape index (κ1) is 12.6. The molecule has 2 fully saturated rings. The van der Waals surface area contributed by atoms with Crippen molar-refractivity contribution in [3.05, 3.63) is 35.9 Å². The Labute approximate surface area is 113 Å². The third-order valence-corrected chi connectivity index (χ3v) is 3.97. The van der Waals surface area contributed by atoms with E-state index in [0.29, 0.717) is 18.5 Å². The van der Waals surface area contributed by atoms with E-state index in [4.69, 9.17) is 0 Å². The summed E-state index contributed by atoms with van der Waals surface area (Å²) in [5, 5.41) is 6.36. The van der Waals surface area contributed by atoms with Gasteiger partial charge in [-0.15, -0.1) is 0 Å². The van der Waals surface area contributed by atoms with Crippen LogP contribution < -0.4 is 21.5 Å². The molecule has 0 aliphatic carbocycles. The molecule has 4 N–H and O–H groups in total. The summed E-state index contributed by atoms with van der Waals surface area (Å²) in [6.07, 6.45) is 1.07. The van der Waals surface area contributed by atoms with Crippen LogP contribution in [0.2, 0.25) is 0 Å². The molecular formula is C14H20N4O. The van der Waals surface area contributed by atoms with Crippen LogP contribution in [-0.4, -0.2) is 31.1 Å². The summed E-state index contributed by atoms with van der Waals surface area (Å²) in [7, 11) is 0. The van der Waals surface area contributed by atoms with Gasteiger partial charge in [0.25, 0.3) is 0 Å². The van der Waals surface area contributed by atoms with Crippen LogP contribution in [0.25, 0.3) is 0 Å². The molecule has 1 amide bonds. The lowest BCUT2D eigenvalue weighted by atomic mass is 9.89. The third kappa shape index (κ3) is 2.78. The fourth-order valence-electron chi connectivity index (χ4n) is 2.87. The quantitative estimate of drug-likeness (QED) is 0.605. The van der Waals surface area contributed by atoms with Crippen LogP contribution in [0.1, 0.15) is 12.0 Å². The highest BCUT2D eigenvalue weighted by molar-refractivity contribution is 5.82. The normalized spacial score (nSPS) is 29.8. The molecule has 3 rings (SSSR count). The summed E-state index contributed by atoms with van der Waals surface area (Å²) < 4.78 is 0. The monoisotopic (exact) mass is 260 g/mol. The zero-order valence-electron chi connectivity index (χ0n) is 10.9. The number of hydrogen-bond donors (Lipinski definition) is 4. The average molecular weight is 260 g/mol. The summed E-state index contributed by atoms with van der Waals surface area (Å²) in [5.74, 6) is 0.414. The minimum atomic E-state index is -0.137. The van der Waals surface area contributed by atoms with Crippen molar-refractivity contribution < 1.29 is 4.79 Å². The van der Waals surface area contributed by atoms with Gasteiger partial charge in [-0.1, -0.05) is 30.3 Å². The fourth-order valence-corrected chi connectivity index (χ4v) is 2.87. The number of hydrogen-bond acceptors (Lipinski definition) is 4. The summed E-state index contributed by atoms with van der Waals surface area (Å²) in [5.41, 5.74) is 7.49. The second-order valence-electron chi connectivity index (χ2n) is 5.23. The average Bonchev–Trinajstić information content (AvgIpc) is 2.90. The Morgan fingerprint density at radius 3 is 2.95 bits per heavy atom. The van der Waals surface area contributed by atoms with E-state index in [2.05, 4.69) is 21.5 Å². The summed E-state index contributed by atoms with van der Waals surface area (Å²) in [4.78, 5) is 12.2. The van der Waals surface area contributed by atoms with Crippen LogP contribution in [-0.2, 0) is 11.3 Å². The van der Waals surface area contributed by atoms with Gasteiger partial charge in [0.15, 0.2) is 0 Å². The molecule has 3 atom stereocenters. The molecule has 3 unspecified atom stereocenters. The second-order valence-corrected chi connectivity index (χ2v) is 5.23. The van der Waals surface area contributed by atoms with Crippen molar-refractivity contribution in [2.75, 3.05) is 13.1 Å². The molecule has 102 valence electrons. The highest BCUT2D eigenvalue weighted by Gasteiger charge is 2.40. The maximum atomic E-state index is 12.2. The minimum Gasteiger partial charge on any atom is -0.351 e. The maximum absolute atomic E-state index is 12.2. The second kappa shape index (κ2) is 5.69. The van der Waals surface area contributed by atoms with Gasteiger partial charge in [0, 0.05) is 25.0 Å². The van der Waals surface area contributed by atoms with Crippen molar-refractivity contribution >= 4 is 5.91 Å². The first-order chi connectivity index (χ1) is 9.34. The van der Waals surface area contributed by atoms with Gasteiger partial charge in [0.05, 0.1) is 0 Å². The van der Waals surface area contributed by atoms with Gasteiger partial charge in [-0.2, -0.15) is 0 Å². The van der Waals surface area contributed by atoms with Crippen molar-refractivity contribution in [3.63, 3.8) is 0 Å². The zero-order valence-corrected chi connectivity index (χ0v) is 10.9. The molecule has 0 radical (unpaired) electrons. The van der Waals surface area contributed by atoms with Gasteiger partial charge < -0.3 is 10.6 Å². The number of rotatable bonds is 3. The number of amides is 1. The van der Waals surface area contributed by atoms with Gasteiger partial charge in [0.2, 0.25) is 5.91 Å². The Morgan fingerprint density at radius 2 is 2.11 bits per heavy atom. The lowest BCUT2D eigenvalue weighted by Gasteiger charge is -2.27. The van der Waals surface area contributed by atoms with Gasteiger partial charge in [0.1, 0.15) is 6.04 Å². The molecule has 0 saturated carbocycles. The highest BCUT2D eigenvalue weighted by Crippen LogP contribution is 2.20. The van der Waals surface area contributed by atoms with Gasteiger partial charge in [-0.05, 0) is 18.5 Å². The number of carbonyl (C=O) groups excluding carboxylic acids is 1. The molecule has 0 aromatic heterocycles. The summed E-state index contributed by atoms with van der Waals surface area (Å²) in [6.45, 7) is 2.50. The largest absolute Gasteiger partial charge is 0.351 e. The Hall–Kier alpha value is -1.43. The van der Waals surface area contributed by atoms with Crippen LogP contribution in [0.3, 0.4) is 0 Å². The number of benzene rings is 1. The van der Waals surface area contributed by atoms with E-state index < -0.39 is 0 Å². The molecule has 2 saturated heterocycles. The molecule has 5 nitrogen and oxygen atoms in total. The Kier molecular flexibility index (Phi) is 3.77. The molecule has 19 heavy (non-hydrogen) atoms. The summed E-state index contributed by atoms with van der Waals surface area (Å²) in [6, 6.07) is 10.3. The maximum Gasteiger partial charge on any atom is 0.239 e. The van der Waals surface area contributed by atoms with Crippen molar-refractivity contribution in [1.29, 1.82) is 0 Å². The summed E-state index contributed by atoms with van der Waals surface area (Å²) >= 11 is 0. The Bertz CT molecular complexity index is 436. The van der Waals surface area contributed by atoms with Gasteiger partial charge in [-0.25, -0.2) is 5.43 Å². The third-order valence-electron chi connectivity index (χ3n) is 3.97. The molecule has 0 bridgehead atoms. The van der Waals surface area contributed by atoms with E-state index in [-0.39, 0.29) is 11.9 Å². The zero-order chi connectivity index (χ0) is 13.1. The first-order valence-corrected chi connectivity index (χ1v) is 6.88. The molecule has 5 heteroatoms. The standard InChI is InChI=1S/C14H20N4O/c19-14(16-8-10-4-2-1-3-5-10)13-11-9-15-7-6-12(11)17-18-13/h1-5,11-13,15,17-18H,6-9H2,(H,16,19). The molecule has 1 aromatic rings. The van der Waals surface area contributed by atoms with Crippen LogP contribution in [0, 0.1) is 5.92 Å². The van der Waals surface area contributed by atoms with Crippen LogP contribution in [0.15, 0.2) is 30.3 Å². The number of fused-ring (bicyclic) bond motifs is 1.